The normalized spacial score (nSPS) is 14.4. The minimum Gasteiger partial charge on any atom is -0.481 e. The molecule has 1 aromatic carbocycles. The third-order valence-corrected chi connectivity index (χ3v) is 3.37. The maximum Gasteiger partial charge on any atom is 0.319 e. The zero-order chi connectivity index (χ0) is 16.7. The molecule has 1 aliphatic heterocycles. The number of hydrogen-bond donors (Lipinski definition) is 3. The quantitative estimate of drug-likeness (QED) is 0.692. The Balaban J connectivity index is 1.90. The van der Waals surface area contributed by atoms with Crippen LogP contribution in [0.15, 0.2) is 18.2 Å². The van der Waals surface area contributed by atoms with Gasteiger partial charge in [0, 0.05) is 37.4 Å². The molecule has 1 heterocycles. The number of amides is 2. The molecule has 1 aromatic rings. The van der Waals surface area contributed by atoms with Crippen molar-refractivity contribution < 1.29 is 23.8 Å². The molecule has 0 atom stereocenters. The molecule has 2 amide bonds. The standard InChI is InChI=1S/C15H20FN3O4/c16-11-8-12(18-15(22)17-3-1-2-14(20)21)10-13(9-11)19-4-6-23-7-5-19/h8-10H,1-7H2,(H,20,21)(H2,17,18,22). The summed E-state index contributed by atoms with van der Waals surface area (Å²) in [6, 6.07) is 3.86. The summed E-state index contributed by atoms with van der Waals surface area (Å²) in [6.07, 6.45) is 0.326. The van der Waals surface area contributed by atoms with Crippen molar-refractivity contribution in [1.29, 1.82) is 0 Å². The van der Waals surface area contributed by atoms with Gasteiger partial charge in [-0.3, -0.25) is 4.79 Å². The van der Waals surface area contributed by atoms with E-state index in [1.54, 1.807) is 6.07 Å². The van der Waals surface area contributed by atoms with E-state index in [0.29, 0.717) is 44.1 Å². The molecule has 0 radical (unpaired) electrons. The van der Waals surface area contributed by atoms with E-state index in [1.165, 1.54) is 12.1 Å². The Bertz CT molecular complexity index is 562. The highest BCUT2D eigenvalue weighted by Gasteiger charge is 2.13. The third kappa shape index (κ3) is 5.74. The summed E-state index contributed by atoms with van der Waals surface area (Å²) in [7, 11) is 0. The van der Waals surface area contributed by atoms with Gasteiger partial charge in [-0.15, -0.1) is 0 Å². The summed E-state index contributed by atoms with van der Waals surface area (Å²) in [4.78, 5) is 24.1. The van der Waals surface area contributed by atoms with Gasteiger partial charge in [-0.25, -0.2) is 9.18 Å². The van der Waals surface area contributed by atoms with Gasteiger partial charge in [0.1, 0.15) is 5.82 Å². The summed E-state index contributed by atoms with van der Waals surface area (Å²) in [5, 5.41) is 13.6. The molecule has 2 rings (SSSR count). The van der Waals surface area contributed by atoms with Gasteiger partial charge in [-0.05, 0) is 24.6 Å². The lowest BCUT2D eigenvalue weighted by atomic mass is 10.2. The molecule has 1 saturated heterocycles. The van der Waals surface area contributed by atoms with Crippen LogP contribution in [0.25, 0.3) is 0 Å². The van der Waals surface area contributed by atoms with Crippen LogP contribution in [-0.4, -0.2) is 50.0 Å². The Labute approximate surface area is 133 Å². The van der Waals surface area contributed by atoms with E-state index < -0.39 is 17.8 Å². The fourth-order valence-corrected chi connectivity index (χ4v) is 2.27. The zero-order valence-electron chi connectivity index (χ0n) is 12.7. The topological polar surface area (TPSA) is 90.9 Å². The predicted molar refractivity (Wildman–Crippen MR) is 83.3 cm³/mol. The summed E-state index contributed by atoms with van der Waals surface area (Å²) >= 11 is 0. The number of rotatable bonds is 6. The summed E-state index contributed by atoms with van der Waals surface area (Å²) in [5.74, 6) is -1.34. The molecule has 0 saturated carbocycles. The van der Waals surface area contributed by atoms with E-state index in [1.807, 2.05) is 4.90 Å². The van der Waals surface area contributed by atoms with Crippen molar-refractivity contribution in [2.45, 2.75) is 12.8 Å². The molecule has 0 unspecified atom stereocenters. The second-order valence-corrected chi connectivity index (χ2v) is 5.18. The van der Waals surface area contributed by atoms with Crippen molar-refractivity contribution in [3.8, 4) is 0 Å². The first-order chi connectivity index (χ1) is 11.0. The second kappa shape index (κ2) is 8.33. The molecule has 8 heteroatoms. The van der Waals surface area contributed by atoms with Crippen LogP contribution in [0.3, 0.4) is 0 Å². The molecule has 126 valence electrons. The van der Waals surface area contributed by atoms with Gasteiger partial charge < -0.3 is 25.4 Å². The van der Waals surface area contributed by atoms with Crippen LogP contribution >= 0.6 is 0 Å². The molecule has 0 bridgehead atoms. The van der Waals surface area contributed by atoms with Crippen LogP contribution in [-0.2, 0) is 9.53 Å². The number of anilines is 2. The number of ether oxygens (including phenoxy) is 1. The largest absolute Gasteiger partial charge is 0.481 e. The number of carboxylic acid groups (broad SMARTS) is 1. The Morgan fingerprint density at radius 3 is 2.70 bits per heavy atom. The van der Waals surface area contributed by atoms with Crippen LogP contribution in [0.2, 0.25) is 0 Å². The number of hydrogen-bond acceptors (Lipinski definition) is 4. The van der Waals surface area contributed by atoms with Crippen LogP contribution in [0, 0.1) is 5.82 Å². The van der Waals surface area contributed by atoms with E-state index in [2.05, 4.69) is 10.6 Å². The smallest absolute Gasteiger partial charge is 0.319 e. The highest BCUT2D eigenvalue weighted by atomic mass is 19.1. The summed E-state index contributed by atoms with van der Waals surface area (Å²) < 4.78 is 19.0. The lowest BCUT2D eigenvalue weighted by Crippen LogP contribution is -2.36. The molecular weight excluding hydrogens is 305 g/mol. The Kier molecular flexibility index (Phi) is 6.16. The molecule has 7 nitrogen and oxygen atoms in total. The third-order valence-electron chi connectivity index (χ3n) is 3.37. The Hall–Kier alpha value is -2.35. The number of urea groups is 1. The maximum absolute atomic E-state index is 13.7. The first-order valence-corrected chi connectivity index (χ1v) is 7.44. The molecule has 0 spiro atoms. The first kappa shape index (κ1) is 17.0. The minimum absolute atomic E-state index is 0.0125. The maximum atomic E-state index is 13.7. The monoisotopic (exact) mass is 325 g/mol. The van der Waals surface area contributed by atoms with Crippen molar-refractivity contribution in [2.24, 2.45) is 0 Å². The number of carbonyl (C=O) groups excluding carboxylic acids is 1. The zero-order valence-corrected chi connectivity index (χ0v) is 12.7. The lowest BCUT2D eigenvalue weighted by Gasteiger charge is -2.29. The molecule has 0 aromatic heterocycles. The van der Waals surface area contributed by atoms with Gasteiger partial charge in [-0.1, -0.05) is 0 Å². The molecule has 3 N–H and O–H groups in total. The predicted octanol–water partition coefficient (Wildman–Crippen LogP) is 1.65. The molecule has 1 aliphatic rings. The second-order valence-electron chi connectivity index (χ2n) is 5.18. The molecule has 1 fully saturated rings. The number of benzene rings is 1. The van der Waals surface area contributed by atoms with Crippen molar-refractivity contribution in [3.63, 3.8) is 0 Å². The van der Waals surface area contributed by atoms with E-state index in [4.69, 9.17) is 9.84 Å². The molecule has 23 heavy (non-hydrogen) atoms. The number of carbonyl (C=O) groups is 2. The van der Waals surface area contributed by atoms with Gasteiger partial charge in [-0.2, -0.15) is 0 Å². The number of halogens is 1. The van der Waals surface area contributed by atoms with Crippen LogP contribution < -0.4 is 15.5 Å². The van der Waals surface area contributed by atoms with Crippen molar-refractivity contribution in [1.82, 2.24) is 5.32 Å². The van der Waals surface area contributed by atoms with Crippen molar-refractivity contribution >= 4 is 23.4 Å². The van der Waals surface area contributed by atoms with E-state index in [9.17, 15) is 14.0 Å². The van der Waals surface area contributed by atoms with Gasteiger partial charge in [0.15, 0.2) is 0 Å². The summed E-state index contributed by atoms with van der Waals surface area (Å²) in [5.41, 5.74) is 1.04. The van der Waals surface area contributed by atoms with E-state index in [-0.39, 0.29) is 13.0 Å². The van der Waals surface area contributed by atoms with Crippen LogP contribution in [0.1, 0.15) is 12.8 Å². The Morgan fingerprint density at radius 1 is 1.26 bits per heavy atom. The fourth-order valence-electron chi connectivity index (χ4n) is 2.27. The number of nitrogens with zero attached hydrogens (tertiary/aromatic N) is 1. The van der Waals surface area contributed by atoms with Crippen LogP contribution in [0.4, 0.5) is 20.6 Å². The number of aliphatic carboxylic acids is 1. The average molecular weight is 325 g/mol. The van der Waals surface area contributed by atoms with Gasteiger partial charge in [0.25, 0.3) is 0 Å². The number of nitrogens with one attached hydrogen (secondary N) is 2. The van der Waals surface area contributed by atoms with Gasteiger partial charge in [0.05, 0.1) is 13.2 Å². The number of morpholine rings is 1. The van der Waals surface area contributed by atoms with E-state index >= 15 is 0 Å². The molecule has 0 aliphatic carbocycles. The number of carboxylic acids is 1. The van der Waals surface area contributed by atoms with Gasteiger partial charge in [0.2, 0.25) is 0 Å². The summed E-state index contributed by atoms with van der Waals surface area (Å²) in [6.45, 7) is 2.75. The fraction of sp³-hybridized carbons (Fsp3) is 0.467. The van der Waals surface area contributed by atoms with Crippen molar-refractivity contribution in [3.05, 3.63) is 24.0 Å². The van der Waals surface area contributed by atoms with Crippen LogP contribution in [0.5, 0.6) is 0 Å². The van der Waals surface area contributed by atoms with Gasteiger partial charge >= 0.3 is 12.0 Å². The SMILES string of the molecule is O=C(O)CCCNC(=O)Nc1cc(F)cc(N2CCOCC2)c1. The highest BCUT2D eigenvalue weighted by Crippen LogP contribution is 2.22. The lowest BCUT2D eigenvalue weighted by molar-refractivity contribution is -0.137. The first-order valence-electron chi connectivity index (χ1n) is 7.44. The van der Waals surface area contributed by atoms with Crippen molar-refractivity contribution in [2.75, 3.05) is 43.1 Å². The van der Waals surface area contributed by atoms with E-state index in [0.717, 1.165) is 0 Å². The minimum atomic E-state index is -0.910. The Morgan fingerprint density at radius 2 is 2.00 bits per heavy atom. The molecular formula is C15H20FN3O4. The average Bonchev–Trinajstić information content (AvgIpc) is 2.52. The highest BCUT2D eigenvalue weighted by molar-refractivity contribution is 5.89.